The lowest BCUT2D eigenvalue weighted by molar-refractivity contribution is 0.213. The Balaban J connectivity index is 2.20. The highest BCUT2D eigenvalue weighted by Gasteiger charge is 1.87. The van der Waals surface area contributed by atoms with E-state index < -0.39 is 0 Å². The van der Waals surface area contributed by atoms with Crippen LogP contribution in [0.5, 0.6) is 0 Å². The second kappa shape index (κ2) is 6.38. The third kappa shape index (κ3) is 4.43. The Labute approximate surface area is 82.7 Å². The molecule has 0 saturated heterocycles. The van der Waals surface area contributed by atoms with Crippen molar-refractivity contribution in [2.45, 2.75) is 6.61 Å². The fraction of sp³-hybridized carbons (Fsp3) is 0.200. The molecule has 0 saturated carbocycles. The fourth-order valence-electron chi connectivity index (χ4n) is 0.834. The average Bonchev–Trinajstić information content (AvgIpc) is 2.19. The summed E-state index contributed by atoms with van der Waals surface area (Å²) in [5.74, 6) is 0. The van der Waals surface area contributed by atoms with Gasteiger partial charge in [-0.1, -0.05) is 41.9 Å². The van der Waals surface area contributed by atoms with Crippen LogP contribution >= 0.6 is 11.6 Å². The highest BCUT2D eigenvalue weighted by atomic mass is 35.5. The Kier molecular flexibility index (Phi) is 4.87. The van der Waals surface area contributed by atoms with Crippen LogP contribution in [-0.4, -0.2) is 6.07 Å². The first-order chi connectivity index (χ1) is 6.43. The van der Waals surface area contributed by atoms with Crippen molar-refractivity contribution < 1.29 is 9.47 Å². The first-order valence-corrected chi connectivity index (χ1v) is 4.45. The third-order valence-electron chi connectivity index (χ3n) is 1.40. The maximum atomic E-state index is 5.27. The number of benzene rings is 1. The Bertz CT molecular complexity index is 246. The molecule has 0 aliphatic rings. The molecule has 0 heterocycles. The summed E-state index contributed by atoms with van der Waals surface area (Å²) in [6.07, 6.45) is 2.91. The zero-order chi connectivity index (χ0) is 9.36. The SMILES string of the molecule is ClCOC=COCc1ccccc1. The molecule has 0 aromatic heterocycles. The van der Waals surface area contributed by atoms with Crippen LogP contribution in [0.1, 0.15) is 5.56 Å². The Morgan fingerprint density at radius 2 is 1.77 bits per heavy atom. The summed E-state index contributed by atoms with van der Waals surface area (Å²) in [6, 6.07) is 10.0. The molecule has 0 N–H and O–H groups in total. The minimum Gasteiger partial charge on any atom is -0.493 e. The largest absolute Gasteiger partial charge is 0.493 e. The van der Waals surface area contributed by atoms with Crippen LogP contribution in [0.15, 0.2) is 42.9 Å². The van der Waals surface area contributed by atoms with Gasteiger partial charge in [0, 0.05) is 0 Å². The van der Waals surface area contributed by atoms with Crippen molar-refractivity contribution in [3.8, 4) is 0 Å². The quantitative estimate of drug-likeness (QED) is 0.535. The summed E-state index contributed by atoms with van der Waals surface area (Å²) < 4.78 is 9.89. The third-order valence-corrected chi connectivity index (χ3v) is 1.53. The zero-order valence-electron chi connectivity index (χ0n) is 7.15. The molecule has 0 atom stereocenters. The molecule has 1 aromatic carbocycles. The summed E-state index contributed by atoms with van der Waals surface area (Å²) in [5, 5.41) is 0. The molecular weight excluding hydrogens is 188 g/mol. The van der Waals surface area contributed by atoms with Crippen molar-refractivity contribution in [1.29, 1.82) is 0 Å². The van der Waals surface area contributed by atoms with Gasteiger partial charge in [-0.15, -0.1) is 0 Å². The number of ether oxygens (including phenoxy) is 2. The van der Waals surface area contributed by atoms with Gasteiger partial charge in [0.2, 0.25) is 0 Å². The van der Waals surface area contributed by atoms with E-state index in [0.29, 0.717) is 6.61 Å². The summed E-state index contributed by atoms with van der Waals surface area (Å²) in [4.78, 5) is 0. The summed E-state index contributed by atoms with van der Waals surface area (Å²) in [5.41, 5.74) is 1.12. The van der Waals surface area contributed by atoms with Gasteiger partial charge >= 0.3 is 0 Å². The van der Waals surface area contributed by atoms with Gasteiger partial charge in [-0.2, -0.15) is 0 Å². The zero-order valence-corrected chi connectivity index (χ0v) is 7.91. The molecule has 1 rings (SSSR count). The number of alkyl halides is 1. The first-order valence-electron chi connectivity index (χ1n) is 3.91. The molecule has 0 radical (unpaired) electrons. The van der Waals surface area contributed by atoms with E-state index in [2.05, 4.69) is 0 Å². The minimum atomic E-state index is 0.144. The van der Waals surface area contributed by atoms with Crippen molar-refractivity contribution in [2.75, 3.05) is 6.07 Å². The lowest BCUT2D eigenvalue weighted by atomic mass is 10.2. The lowest BCUT2D eigenvalue weighted by Gasteiger charge is -1.99. The predicted octanol–water partition coefficient (Wildman–Crippen LogP) is 2.89. The van der Waals surface area contributed by atoms with Gasteiger partial charge in [0.1, 0.15) is 19.1 Å². The second-order valence-corrected chi connectivity index (χ2v) is 2.56. The van der Waals surface area contributed by atoms with E-state index in [0.717, 1.165) is 5.56 Å². The maximum Gasteiger partial charge on any atom is 0.161 e. The Morgan fingerprint density at radius 3 is 2.46 bits per heavy atom. The normalized spacial score (nSPS) is 10.2. The van der Waals surface area contributed by atoms with Crippen molar-refractivity contribution >= 4 is 11.6 Å². The summed E-state index contributed by atoms with van der Waals surface area (Å²) in [6.45, 7) is 0.545. The number of hydrogen-bond donors (Lipinski definition) is 0. The molecule has 0 spiro atoms. The van der Waals surface area contributed by atoms with Crippen molar-refractivity contribution in [3.05, 3.63) is 48.4 Å². The smallest absolute Gasteiger partial charge is 0.161 e. The van der Waals surface area contributed by atoms with Crippen LogP contribution < -0.4 is 0 Å². The van der Waals surface area contributed by atoms with Gasteiger partial charge < -0.3 is 9.47 Å². The van der Waals surface area contributed by atoms with Crippen molar-refractivity contribution in [3.63, 3.8) is 0 Å². The molecule has 0 amide bonds. The molecule has 3 heteroatoms. The van der Waals surface area contributed by atoms with Gasteiger partial charge in [-0.25, -0.2) is 0 Å². The van der Waals surface area contributed by atoms with Crippen LogP contribution in [0.4, 0.5) is 0 Å². The van der Waals surface area contributed by atoms with Crippen LogP contribution in [0.25, 0.3) is 0 Å². The van der Waals surface area contributed by atoms with E-state index >= 15 is 0 Å². The van der Waals surface area contributed by atoms with E-state index in [1.165, 1.54) is 12.5 Å². The topological polar surface area (TPSA) is 18.5 Å². The van der Waals surface area contributed by atoms with Gasteiger partial charge in [0.25, 0.3) is 0 Å². The maximum absolute atomic E-state index is 5.27. The average molecular weight is 199 g/mol. The molecule has 0 fully saturated rings. The van der Waals surface area contributed by atoms with Crippen LogP contribution in [0, 0.1) is 0 Å². The summed E-state index contributed by atoms with van der Waals surface area (Å²) >= 11 is 5.27. The van der Waals surface area contributed by atoms with Crippen molar-refractivity contribution in [2.24, 2.45) is 0 Å². The number of hydrogen-bond acceptors (Lipinski definition) is 2. The minimum absolute atomic E-state index is 0.144. The fourth-order valence-corrected chi connectivity index (χ4v) is 0.906. The standard InChI is InChI=1S/C10H11ClO2/c11-9-13-7-6-12-8-10-4-2-1-3-5-10/h1-7H,8-9H2. The van der Waals surface area contributed by atoms with Gasteiger partial charge in [-0.05, 0) is 5.56 Å². The number of rotatable bonds is 5. The van der Waals surface area contributed by atoms with Crippen LogP contribution in [0.3, 0.4) is 0 Å². The second-order valence-electron chi connectivity index (χ2n) is 2.34. The van der Waals surface area contributed by atoms with Crippen LogP contribution in [0.2, 0.25) is 0 Å². The monoisotopic (exact) mass is 198 g/mol. The number of halogens is 1. The Hall–Kier alpha value is -1.15. The van der Waals surface area contributed by atoms with Gasteiger partial charge in [-0.3, -0.25) is 0 Å². The molecule has 0 bridgehead atoms. The van der Waals surface area contributed by atoms with E-state index in [4.69, 9.17) is 21.1 Å². The van der Waals surface area contributed by atoms with Crippen LogP contribution in [-0.2, 0) is 16.1 Å². The van der Waals surface area contributed by atoms with Crippen molar-refractivity contribution in [1.82, 2.24) is 0 Å². The molecule has 13 heavy (non-hydrogen) atoms. The van der Waals surface area contributed by atoms with E-state index in [-0.39, 0.29) is 6.07 Å². The van der Waals surface area contributed by atoms with Gasteiger partial charge in [0.05, 0.1) is 0 Å². The molecule has 2 nitrogen and oxygen atoms in total. The predicted molar refractivity (Wildman–Crippen MR) is 52.2 cm³/mol. The van der Waals surface area contributed by atoms with E-state index in [1.807, 2.05) is 30.3 Å². The first kappa shape index (κ1) is 9.93. The summed E-state index contributed by atoms with van der Waals surface area (Å²) in [7, 11) is 0. The molecule has 1 aromatic rings. The highest BCUT2D eigenvalue weighted by molar-refractivity contribution is 6.17. The molecule has 0 aliphatic carbocycles. The molecule has 0 aliphatic heterocycles. The Morgan fingerprint density at radius 1 is 1.08 bits per heavy atom. The highest BCUT2D eigenvalue weighted by Crippen LogP contribution is 2.00. The lowest BCUT2D eigenvalue weighted by Crippen LogP contribution is -1.85. The molecule has 70 valence electrons. The van der Waals surface area contributed by atoms with E-state index in [9.17, 15) is 0 Å². The molecular formula is C10H11ClO2. The van der Waals surface area contributed by atoms with Gasteiger partial charge in [0.15, 0.2) is 6.07 Å². The molecule has 0 unspecified atom stereocenters. The van der Waals surface area contributed by atoms with E-state index in [1.54, 1.807) is 0 Å².